The third-order valence-electron chi connectivity index (χ3n) is 12.4. The van der Waals surface area contributed by atoms with Crippen molar-refractivity contribution >= 4 is 13.7 Å². The van der Waals surface area contributed by atoms with Gasteiger partial charge in [-0.25, -0.2) is 0 Å². The molecule has 1 amide bonds. The first-order valence-corrected chi connectivity index (χ1v) is 31.8. The van der Waals surface area contributed by atoms with E-state index in [0.717, 1.165) is 128 Å². The summed E-state index contributed by atoms with van der Waals surface area (Å²) in [7, 11) is 1.21. The molecular formula is C68H113N2O6P. The van der Waals surface area contributed by atoms with E-state index in [0.29, 0.717) is 17.4 Å². The third kappa shape index (κ3) is 59.6. The number of carbonyl (C=O) groups is 1. The van der Waals surface area contributed by atoms with Crippen molar-refractivity contribution in [2.45, 2.75) is 225 Å². The summed E-state index contributed by atoms with van der Waals surface area (Å²) in [5.74, 6) is -0.227. The van der Waals surface area contributed by atoms with Crippen LogP contribution >= 0.6 is 7.82 Å². The highest BCUT2D eigenvalue weighted by Crippen LogP contribution is 2.38. The Morgan fingerprint density at radius 2 is 0.805 bits per heavy atom. The quantitative estimate of drug-likeness (QED) is 0.0272. The number of phosphoric ester groups is 1. The summed E-state index contributed by atoms with van der Waals surface area (Å²) >= 11 is 0. The predicted molar refractivity (Wildman–Crippen MR) is 334 cm³/mol. The second-order valence-electron chi connectivity index (χ2n) is 20.9. The molecule has 0 aliphatic carbocycles. The number of hydrogen-bond donors (Lipinski definition) is 2. The maximum absolute atomic E-state index is 13.0. The van der Waals surface area contributed by atoms with Gasteiger partial charge in [-0.15, -0.1) is 0 Å². The van der Waals surface area contributed by atoms with Crippen molar-refractivity contribution in [2.24, 2.45) is 0 Å². The SMILES string of the molecule is CC/C=C\C/C=C\C/C=C\C/C=C\C/C=C\C/C=C\C/C=C\C/C=C\C/C=C\C/C=C\CCCCCCCCCCC(=O)NC(COP(=O)([O-])OCC[N+](C)(C)C)C(O)/C=C/CC/C=C/CC/C=C/CCCCCCCC. The van der Waals surface area contributed by atoms with E-state index in [-0.39, 0.29) is 12.5 Å². The zero-order valence-electron chi connectivity index (χ0n) is 49.6. The van der Waals surface area contributed by atoms with E-state index in [9.17, 15) is 19.4 Å². The van der Waals surface area contributed by atoms with E-state index in [4.69, 9.17) is 9.05 Å². The van der Waals surface area contributed by atoms with Gasteiger partial charge in [-0.3, -0.25) is 9.36 Å². The molecule has 0 bridgehead atoms. The number of likely N-dealkylation sites (N-methyl/N-ethyl adjacent to an activating group) is 1. The monoisotopic (exact) mass is 1080 g/mol. The average molecular weight is 1090 g/mol. The Morgan fingerprint density at radius 3 is 1.21 bits per heavy atom. The fourth-order valence-corrected chi connectivity index (χ4v) is 8.46. The molecule has 0 aliphatic rings. The van der Waals surface area contributed by atoms with E-state index in [1.54, 1.807) is 6.08 Å². The van der Waals surface area contributed by atoms with E-state index in [2.05, 4.69) is 165 Å². The number of nitrogens with one attached hydrogen (secondary N) is 1. The smallest absolute Gasteiger partial charge is 0.268 e. The van der Waals surface area contributed by atoms with Gasteiger partial charge in [-0.2, -0.15) is 0 Å². The number of quaternary nitrogens is 1. The highest BCUT2D eigenvalue weighted by atomic mass is 31.2. The Bertz CT molecular complexity index is 1810. The fraction of sp³-hybridized carbons (Fsp3) is 0.603. The van der Waals surface area contributed by atoms with Crippen molar-refractivity contribution in [3.8, 4) is 0 Å². The third-order valence-corrected chi connectivity index (χ3v) is 13.4. The summed E-state index contributed by atoms with van der Waals surface area (Å²) in [6, 6.07) is -0.926. The minimum absolute atomic E-state index is 0.0189. The lowest BCUT2D eigenvalue weighted by atomic mass is 10.1. The van der Waals surface area contributed by atoms with Crippen molar-refractivity contribution in [2.75, 3.05) is 40.9 Å². The van der Waals surface area contributed by atoms with Gasteiger partial charge in [0.15, 0.2) is 0 Å². The van der Waals surface area contributed by atoms with Gasteiger partial charge < -0.3 is 28.8 Å². The predicted octanol–water partition coefficient (Wildman–Crippen LogP) is 18.4. The van der Waals surface area contributed by atoms with Crippen molar-refractivity contribution in [1.29, 1.82) is 0 Å². The first-order valence-electron chi connectivity index (χ1n) is 30.3. The first-order chi connectivity index (χ1) is 37.5. The number of carbonyl (C=O) groups excluding carboxylic acids is 1. The molecule has 0 saturated heterocycles. The van der Waals surface area contributed by atoms with Crippen LogP contribution in [0.15, 0.2) is 158 Å². The van der Waals surface area contributed by atoms with Crippen LogP contribution < -0.4 is 10.2 Å². The van der Waals surface area contributed by atoms with Gasteiger partial charge in [0.1, 0.15) is 13.2 Å². The molecular weight excluding hydrogens is 972 g/mol. The lowest BCUT2D eigenvalue weighted by Gasteiger charge is -2.29. The number of phosphoric acid groups is 1. The van der Waals surface area contributed by atoms with Crippen molar-refractivity contribution in [3.05, 3.63) is 158 Å². The van der Waals surface area contributed by atoms with E-state index >= 15 is 0 Å². The number of hydrogen-bond acceptors (Lipinski definition) is 6. The van der Waals surface area contributed by atoms with Crippen LogP contribution in [0, 0.1) is 0 Å². The largest absolute Gasteiger partial charge is 0.756 e. The Kier molecular flexibility index (Phi) is 54.0. The number of rotatable bonds is 53. The number of aliphatic hydroxyl groups is 1. The van der Waals surface area contributed by atoms with Gasteiger partial charge in [-0.1, -0.05) is 242 Å². The minimum atomic E-state index is -4.62. The molecule has 0 rings (SSSR count). The van der Waals surface area contributed by atoms with Gasteiger partial charge >= 0.3 is 0 Å². The molecule has 8 nitrogen and oxygen atoms in total. The lowest BCUT2D eigenvalue weighted by molar-refractivity contribution is -0.870. The van der Waals surface area contributed by atoms with Crippen LogP contribution in [0.25, 0.3) is 0 Å². The van der Waals surface area contributed by atoms with Crippen LogP contribution in [0.4, 0.5) is 0 Å². The number of nitrogens with zero attached hydrogens (tertiary/aromatic N) is 1. The molecule has 0 spiro atoms. The van der Waals surface area contributed by atoms with E-state index in [1.807, 2.05) is 27.2 Å². The lowest BCUT2D eigenvalue weighted by Crippen LogP contribution is -2.45. The topological polar surface area (TPSA) is 108 Å². The normalized spacial score (nSPS) is 14.9. The molecule has 0 fully saturated rings. The Labute approximate surface area is 473 Å². The van der Waals surface area contributed by atoms with Crippen LogP contribution in [0.1, 0.15) is 213 Å². The van der Waals surface area contributed by atoms with Crippen molar-refractivity contribution in [1.82, 2.24) is 5.32 Å². The Hall–Kier alpha value is -3.88. The van der Waals surface area contributed by atoms with Crippen LogP contribution in [0.3, 0.4) is 0 Å². The zero-order chi connectivity index (χ0) is 56.3. The number of amides is 1. The van der Waals surface area contributed by atoms with Crippen molar-refractivity contribution in [3.63, 3.8) is 0 Å². The maximum Gasteiger partial charge on any atom is 0.268 e. The fourth-order valence-electron chi connectivity index (χ4n) is 7.74. The summed E-state index contributed by atoms with van der Waals surface area (Å²) in [5.41, 5.74) is 0. The van der Waals surface area contributed by atoms with Crippen LogP contribution in [-0.4, -0.2) is 68.5 Å². The minimum Gasteiger partial charge on any atom is -0.756 e. The molecule has 77 heavy (non-hydrogen) atoms. The molecule has 2 N–H and O–H groups in total. The molecule has 0 aromatic heterocycles. The highest BCUT2D eigenvalue weighted by molar-refractivity contribution is 7.45. The number of aliphatic hydroxyl groups excluding tert-OH is 1. The highest BCUT2D eigenvalue weighted by Gasteiger charge is 2.23. The molecule has 436 valence electrons. The molecule has 0 aromatic carbocycles. The molecule has 3 unspecified atom stereocenters. The first kappa shape index (κ1) is 73.1. The molecule has 0 saturated carbocycles. The standard InChI is InChI=1S/C68H113N2O6P/c1-6-8-10-12-14-16-18-20-22-24-25-26-27-28-29-30-31-32-33-34-35-36-37-38-39-40-41-42-43-44-45-46-48-50-52-54-56-58-60-62-68(72)69-66(65-76-77(73,74)75-64-63-70(3,4)5)67(71)61-59-57-55-53-51-49-47-23-21-19-17-15-13-11-9-7-2/h8,10,14,16,20-23,25-26,28-29,31-32,34-35,37-38,40-41,43-44,51,53,59,61,66-67,71H,6-7,9,11-13,15,17-19,24,27,30,33,36,39,42,45-50,52,54-58,60,62-65H2,1-5H3,(H-,69,72,73,74)/b10-8-,16-14-,22-20-,23-21+,26-25-,29-28-,32-31-,35-34-,38-37-,41-40-,44-43-,53-51+,61-59+. The molecule has 0 heterocycles. The number of unbranched alkanes of at least 4 members (excludes halogenated alkanes) is 16. The summed E-state index contributed by atoms with van der Waals surface area (Å²) in [6.07, 6.45) is 89.0. The van der Waals surface area contributed by atoms with Gasteiger partial charge in [-0.05, 0) is 122 Å². The van der Waals surface area contributed by atoms with Gasteiger partial charge in [0, 0.05) is 6.42 Å². The molecule has 9 heteroatoms. The van der Waals surface area contributed by atoms with Crippen LogP contribution in [0.2, 0.25) is 0 Å². The molecule has 0 aliphatic heterocycles. The second-order valence-corrected chi connectivity index (χ2v) is 22.4. The summed E-state index contributed by atoms with van der Waals surface area (Å²) < 4.78 is 23.3. The van der Waals surface area contributed by atoms with E-state index in [1.165, 1.54) is 64.2 Å². The maximum atomic E-state index is 13.0. The van der Waals surface area contributed by atoms with Gasteiger partial charge in [0.05, 0.1) is 39.9 Å². The van der Waals surface area contributed by atoms with Crippen LogP contribution in [-0.2, 0) is 18.4 Å². The summed E-state index contributed by atoms with van der Waals surface area (Å²) in [4.78, 5) is 25.5. The molecule has 0 radical (unpaired) electrons. The Balaban J connectivity index is 4.21. The zero-order valence-corrected chi connectivity index (χ0v) is 50.5. The summed E-state index contributed by atoms with van der Waals surface area (Å²) in [5, 5.41) is 13.8. The van der Waals surface area contributed by atoms with Crippen LogP contribution in [0.5, 0.6) is 0 Å². The average Bonchev–Trinajstić information content (AvgIpc) is 3.39. The van der Waals surface area contributed by atoms with Gasteiger partial charge in [0.2, 0.25) is 5.91 Å². The number of allylic oxidation sites excluding steroid dienone is 25. The Morgan fingerprint density at radius 1 is 0.468 bits per heavy atom. The van der Waals surface area contributed by atoms with E-state index < -0.39 is 26.6 Å². The van der Waals surface area contributed by atoms with Crippen molar-refractivity contribution < 1.29 is 32.9 Å². The summed E-state index contributed by atoms with van der Waals surface area (Å²) in [6.45, 7) is 4.46. The molecule has 3 atom stereocenters. The second kappa shape index (κ2) is 56.8. The van der Waals surface area contributed by atoms with Gasteiger partial charge in [0.25, 0.3) is 7.82 Å². The molecule has 0 aromatic rings.